The fourth-order valence-electron chi connectivity index (χ4n) is 2.12. The van der Waals surface area contributed by atoms with Crippen LogP contribution in [-0.4, -0.2) is 11.5 Å². The summed E-state index contributed by atoms with van der Waals surface area (Å²) in [6, 6.07) is 5.91. The van der Waals surface area contributed by atoms with Crippen LogP contribution >= 0.6 is 11.6 Å². The molecule has 3 nitrogen and oxygen atoms in total. The van der Waals surface area contributed by atoms with Crippen molar-refractivity contribution in [1.29, 1.82) is 0 Å². The number of anilines is 1. The fourth-order valence-corrected chi connectivity index (χ4v) is 2.56. The third-order valence-corrected chi connectivity index (χ3v) is 3.57. The molecule has 0 saturated heterocycles. The molecule has 1 aromatic carbocycles. The van der Waals surface area contributed by atoms with E-state index in [-0.39, 0.29) is 0 Å². The minimum atomic E-state index is 0.353. The van der Waals surface area contributed by atoms with Gasteiger partial charge in [-0.05, 0) is 43.0 Å². The molecular weight excluding hydrogens is 284 g/mol. The molecule has 0 aliphatic heterocycles. The maximum absolute atomic E-state index is 6.29. The van der Waals surface area contributed by atoms with Gasteiger partial charge in [0.15, 0.2) is 0 Å². The smallest absolute Gasteiger partial charge is 0.147 e. The maximum atomic E-state index is 6.29. The van der Waals surface area contributed by atoms with Crippen molar-refractivity contribution >= 4 is 17.3 Å². The van der Waals surface area contributed by atoms with Crippen LogP contribution in [0.5, 0.6) is 11.5 Å². The number of rotatable bonds is 5. The lowest BCUT2D eigenvalue weighted by Gasteiger charge is -2.15. The van der Waals surface area contributed by atoms with Gasteiger partial charge in [-0.15, -0.1) is 0 Å². The molecular formula is C17H21ClN2O. The largest absolute Gasteiger partial charge is 0.455 e. The van der Waals surface area contributed by atoms with Crippen molar-refractivity contribution in [3.63, 3.8) is 0 Å². The second-order valence-electron chi connectivity index (χ2n) is 5.34. The molecule has 112 valence electrons. The fraction of sp³-hybridized carbons (Fsp3) is 0.353. The molecule has 0 atom stereocenters. The monoisotopic (exact) mass is 304 g/mol. The van der Waals surface area contributed by atoms with E-state index in [1.165, 1.54) is 0 Å². The van der Waals surface area contributed by atoms with Crippen molar-refractivity contribution in [3.8, 4) is 11.5 Å². The first kappa shape index (κ1) is 15.6. The second kappa shape index (κ2) is 6.81. The molecule has 0 aliphatic rings. The van der Waals surface area contributed by atoms with Gasteiger partial charge in [-0.3, -0.25) is 4.98 Å². The van der Waals surface area contributed by atoms with Crippen molar-refractivity contribution in [1.82, 2.24) is 4.98 Å². The Morgan fingerprint density at radius 3 is 2.67 bits per heavy atom. The number of pyridine rings is 1. The van der Waals surface area contributed by atoms with E-state index in [9.17, 15) is 0 Å². The van der Waals surface area contributed by atoms with Crippen LogP contribution in [0.2, 0.25) is 5.02 Å². The first-order valence-corrected chi connectivity index (χ1v) is 7.56. The minimum Gasteiger partial charge on any atom is -0.455 e. The highest BCUT2D eigenvalue weighted by Gasteiger charge is 2.11. The Bertz CT molecular complexity index is 626. The Labute approximate surface area is 131 Å². The van der Waals surface area contributed by atoms with Crippen molar-refractivity contribution < 1.29 is 4.74 Å². The summed E-state index contributed by atoms with van der Waals surface area (Å²) in [6.07, 6.45) is 3.49. The molecule has 0 saturated carbocycles. The van der Waals surface area contributed by atoms with Gasteiger partial charge in [0.2, 0.25) is 0 Å². The van der Waals surface area contributed by atoms with Crippen LogP contribution < -0.4 is 10.1 Å². The van der Waals surface area contributed by atoms with Gasteiger partial charge in [0.05, 0.1) is 18.1 Å². The van der Waals surface area contributed by atoms with Crippen molar-refractivity contribution in [2.24, 2.45) is 0 Å². The maximum Gasteiger partial charge on any atom is 0.147 e. The van der Waals surface area contributed by atoms with Crippen LogP contribution in [0.1, 0.15) is 37.8 Å². The number of hydrogen-bond donors (Lipinski definition) is 1. The molecule has 0 aliphatic carbocycles. The molecule has 21 heavy (non-hydrogen) atoms. The van der Waals surface area contributed by atoms with E-state index in [1.807, 2.05) is 32.0 Å². The summed E-state index contributed by atoms with van der Waals surface area (Å²) in [5, 5.41) is 4.01. The Morgan fingerprint density at radius 2 is 2.00 bits per heavy atom. The number of ether oxygens (including phenoxy) is 1. The number of aryl methyl sites for hydroxylation is 1. The van der Waals surface area contributed by atoms with E-state index in [4.69, 9.17) is 16.3 Å². The summed E-state index contributed by atoms with van der Waals surface area (Å²) < 4.78 is 5.98. The lowest BCUT2D eigenvalue weighted by molar-refractivity contribution is 0.475. The third-order valence-electron chi connectivity index (χ3n) is 3.24. The molecule has 4 heteroatoms. The molecule has 0 fully saturated rings. The lowest BCUT2D eigenvalue weighted by atomic mass is 10.0. The van der Waals surface area contributed by atoms with Crippen molar-refractivity contribution in [3.05, 3.63) is 46.7 Å². The molecule has 0 bridgehead atoms. The Kier molecular flexibility index (Phi) is 5.07. The van der Waals surface area contributed by atoms with E-state index in [0.717, 1.165) is 34.1 Å². The van der Waals surface area contributed by atoms with Crippen LogP contribution in [0.4, 0.5) is 5.69 Å². The van der Waals surface area contributed by atoms with Crippen LogP contribution in [0.25, 0.3) is 0 Å². The lowest BCUT2D eigenvalue weighted by Crippen LogP contribution is -1.98. The van der Waals surface area contributed by atoms with Crippen LogP contribution in [-0.2, 0) is 0 Å². The van der Waals surface area contributed by atoms with Gasteiger partial charge in [0.1, 0.15) is 11.5 Å². The van der Waals surface area contributed by atoms with E-state index < -0.39 is 0 Å². The first-order valence-electron chi connectivity index (χ1n) is 7.18. The summed E-state index contributed by atoms with van der Waals surface area (Å²) in [7, 11) is 0. The number of hydrogen-bond acceptors (Lipinski definition) is 3. The van der Waals surface area contributed by atoms with Crippen LogP contribution in [0, 0.1) is 6.92 Å². The molecule has 1 aromatic heterocycles. The van der Waals surface area contributed by atoms with Gasteiger partial charge in [0.25, 0.3) is 0 Å². The molecule has 1 heterocycles. The first-order chi connectivity index (χ1) is 10.0. The number of halogens is 1. The topological polar surface area (TPSA) is 34.2 Å². The SMILES string of the molecule is CCNc1cncc(Oc2cc(C(C)C)c(Cl)cc2C)c1. The molecule has 2 aromatic rings. The molecule has 1 N–H and O–H groups in total. The van der Waals surface area contributed by atoms with Gasteiger partial charge in [-0.25, -0.2) is 0 Å². The zero-order valence-electron chi connectivity index (χ0n) is 12.9. The molecule has 0 unspecified atom stereocenters. The quantitative estimate of drug-likeness (QED) is 0.804. The Hall–Kier alpha value is -1.74. The van der Waals surface area contributed by atoms with Gasteiger partial charge in [-0.2, -0.15) is 0 Å². The van der Waals surface area contributed by atoms with Crippen molar-refractivity contribution in [2.75, 3.05) is 11.9 Å². The van der Waals surface area contributed by atoms with Gasteiger partial charge in [0, 0.05) is 17.6 Å². The molecule has 0 amide bonds. The van der Waals surface area contributed by atoms with Gasteiger partial charge in [-0.1, -0.05) is 25.4 Å². The average Bonchev–Trinajstić information content (AvgIpc) is 2.42. The summed E-state index contributed by atoms with van der Waals surface area (Å²) in [5.74, 6) is 1.89. The minimum absolute atomic E-state index is 0.353. The highest BCUT2D eigenvalue weighted by Crippen LogP contribution is 2.34. The highest BCUT2D eigenvalue weighted by atomic mass is 35.5. The molecule has 2 rings (SSSR count). The van der Waals surface area contributed by atoms with E-state index in [0.29, 0.717) is 11.7 Å². The number of nitrogens with one attached hydrogen (secondary N) is 1. The van der Waals surface area contributed by atoms with Gasteiger partial charge >= 0.3 is 0 Å². The Balaban J connectivity index is 2.30. The van der Waals surface area contributed by atoms with E-state index in [2.05, 4.69) is 24.1 Å². The third kappa shape index (κ3) is 3.88. The number of aromatic nitrogens is 1. The number of benzene rings is 1. The molecule has 0 radical (unpaired) electrons. The van der Waals surface area contributed by atoms with Crippen molar-refractivity contribution in [2.45, 2.75) is 33.6 Å². The highest BCUT2D eigenvalue weighted by molar-refractivity contribution is 6.31. The van der Waals surface area contributed by atoms with E-state index >= 15 is 0 Å². The van der Waals surface area contributed by atoms with Crippen LogP contribution in [0.15, 0.2) is 30.6 Å². The number of nitrogens with zero attached hydrogens (tertiary/aromatic N) is 1. The average molecular weight is 305 g/mol. The predicted octanol–water partition coefficient (Wildman–Crippen LogP) is 5.39. The second-order valence-corrected chi connectivity index (χ2v) is 5.74. The normalized spacial score (nSPS) is 10.8. The van der Waals surface area contributed by atoms with Gasteiger partial charge < -0.3 is 10.1 Å². The Morgan fingerprint density at radius 1 is 1.24 bits per heavy atom. The predicted molar refractivity (Wildman–Crippen MR) is 88.8 cm³/mol. The zero-order valence-corrected chi connectivity index (χ0v) is 13.7. The molecule has 0 spiro atoms. The summed E-state index contributed by atoms with van der Waals surface area (Å²) >= 11 is 6.29. The zero-order chi connectivity index (χ0) is 15.4. The summed E-state index contributed by atoms with van der Waals surface area (Å²) in [5.41, 5.74) is 3.05. The summed E-state index contributed by atoms with van der Waals surface area (Å²) in [4.78, 5) is 4.19. The summed E-state index contributed by atoms with van der Waals surface area (Å²) in [6.45, 7) is 9.13. The van der Waals surface area contributed by atoms with Crippen LogP contribution in [0.3, 0.4) is 0 Å². The van der Waals surface area contributed by atoms with E-state index in [1.54, 1.807) is 12.4 Å². The standard InChI is InChI=1S/C17H21ClN2O/c1-5-20-13-7-14(10-19-9-13)21-17-8-15(11(2)3)16(18)6-12(17)4/h6-11,20H,5H2,1-4H3.